The summed E-state index contributed by atoms with van der Waals surface area (Å²) in [4.78, 5) is 4.56. The Morgan fingerprint density at radius 2 is 2.25 bits per heavy atom. The molecule has 0 aromatic carbocycles. The minimum atomic E-state index is 0.429. The van der Waals surface area contributed by atoms with Gasteiger partial charge in [-0.3, -0.25) is 0 Å². The van der Waals surface area contributed by atoms with E-state index >= 15 is 0 Å². The van der Waals surface area contributed by atoms with E-state index in [2.05, 4.69) is 29.3 Å². The second kappa shape index (κ2) is 5.43. The molecular weight excluding hydrogens is 202 g/mol. The van der Waals surface area contributed by atoms with E-state index in [1.165, 1.54) is 12.8 Å². The summed E-state index contributed by atoms with van der Waals surface area (Å²) in [6, 6.07) is 0. The number of hydrogen-bond acceptors (Lipinski definition) is 4. The summed E-state index contributed by atoms with van der Waals surface area (Å²) in [5.74, 6) is 2.60. The van der Waals surface area contributed by atoms with Gasteiger partial charge >= 0.3 is 0 Å². The van der Waals surface area contributed by atoms with Crippen LogP contribution >= 0.6 is 0 Å². The van der Waals surface area contributed by atoms with Gasteiger partial charge in [0.25, 0.3) is 0 Å². The molecule has 0 radical (unpaired) electrons. The van der Waals surface area contributed by atoms with Crippen LogP contribution in [0, 0.1) is 0 Å². The quantitative estimate of drug-likeness (QED) is 0.851. The molecule has 0 saturated carbocycles. The van der Waals surface area contributed by atoms with Crippen LogP contribution < -0.4 is 5.32 Å². The normalized spacial score (nSPS) is 21.6. The van der Waals surface area contributed by atoms with Crippen LogP contribution in [0.15, 0.2) is 4.52 Å². The van der Waals surface area contributed by atoms with Gasteiger partial charge in [0.1, 0.15) is 0 Å². The molecule has 0 bridgehead atoms. The summed E-state index contributed by atoms with van der Waals surface area (Å²) in [7, 11) is 0. The smallest absolute Gasteiger partial charge is 0.229 e. The highest BCUT2D eigenvalue weighted by Gasteiger charge is 2.22. The van der Waals surface area contributed by atoms with Crippen LogP contribution in [-0.4, -0.2) is 23.2 Å². The largest absolute Gasteiger partial charge is 0.339 e. The Kier molecular flexibility index (Phi) is 3.93. The summed E-state index contributed by atoms with van der Waals surface area (Å²) < 4.78 is 5.37. The van der Waals surface area contributed by atoms with Gasteiger partial charge in [0, 0.05) is 18.4 Å². The molecule has 0 aliphatic carbocycles. The van der Waals surface area contributed by atoms with Gasteiger partial charge in [-0.15, -0.1) is 0 Å². The fraction of sp³-hybridized carbons (Fsp3) is 0.833. The van der Waals surface area contributed by atoms with Gasteiger partial charge in [-0.2, -0.15) is 4.98 Å². The van der Waals surface area contributed by atoms with Crippen LogP contribution in [0.4, 0.5) is 0 Å². The maximum absolute atomic E-state index is 5.37. The van der Waals surface area contributed by atoms with Gasteiger partial charge in [0.15, 0.2) is 5.82 Å². The molecule has 1 fully saturated rings. The van der Waals surface area contributed by atoms with Crippen LogP contribution in [0.2, 0.25) is 0 Å². The van der Waals surface area contributed by atoms with Crippen molar-refractivity contribution in [3.63, 3.8) is 0 Å². The van der Waals surface area contributed by atoms with Crippen molar-refractivity contribution in [2.24, 2.45) is 0 Å². The minimum Gasteiger partial charge on any atom is -0.339 e. The molecule has 0 spiro atoms. The van der Waals surface area contributed by atoms with Crippen molar-refractivity contribution in [3.8, 4) is 0 Å². The topological polar surface area (TPSA) is 51.0 Å². The maximum Gasteiger partial charge on any atom is 0.229 e. The second-order valence-electron chi connectivity index (χ2n) is 4.55. The first-order valence-electron chi connectivity index (χ1n) is 6.39. The number of aromatic nitrogens is 2. The molecule has 16 heavy (non-hydrogen) atoms. The summed E-state index contributed by atoms with van der Waals surface area (Å²) in [5.41, 5.74) is 0. The Labute approximate surface area is 96.8 Å². The molecule has 4 heteroatoms. The van der Waals surface area contributed by atoms with Crippen molar-refractivity contribution >= 4 is 0 Å². The van der Waals surface area contributed by atoms with E-state index in [9.17, 15) is 0 Å². The standard InChI is InChI=1S/C12H21N3O/c1-3-9(4-2)12-14-11(15-16-12)10-6-5-7-13-8-10/h9-10,13H,3-8H2,1-2H3. The van der Waals surface area contributed by atoms with E-state index in [4.69, 9.17) is 4.52 Å². The lowest BCUT2D eigenvalue weighted by Gasteiger charge is -2.19. The summed E-state index contributed by atoms with van der Waals surface area (Å²) in [5, 5.41) is 7.51. The first-order chi connectivity index (χ1) is 7.85. The number of hydrogen-bond donors (Lipinski definition) is 1. The highest BCUT2D eigenvalue weighted by Crippen LogP contribution is 2.25. The third-order valence-corrected chi connectivity index (χ3v) is 3.45. The molecule has 4 nitrogen and oxygen atoms in total. The lowest BCUT2D eigenvalue weighted by molar-refractivity contribution is 0.336. The molecule has 1 N–H and O–H groups in total. The third-order valence-electron chi connectivity index (χ3n) is 3.45. The van der Waals surface area contributed by atoms with Crippen molar-refractivity contribution < 1.29 is 4.52 Å². The van der Waals surface area contributed by atoms with Gasteiger partial charge in [-0.1, -0.05) is 19.0 Å². The van der Waals surface area contributed by atoms with Crippen LogP contribution in [-0.2, 0) is 0 Å². The van der Waals surface area contributed by atoms with Crippen molar-refractivity contribution in [3.05, 3.63) is 11.7 Å². The Morgan fingerprint density at radius 1 is 1.44 bits per heavy atom. The number of piperidine rings is 1. The van der Waals surface area contributed by atoms with Gasteiger partial charge in [0.2, 0.25) is 5.89 Å². The van der Waals surface area contributed by atoms with Gasteiger partial charge in [-0.05, 0) is 32.2 Å². The van der Waals surface area contributed by atoms with Crippen LogP contribution in [0.3, 0.4) is 0 Å². The first kappa shape index (κ1) is 11.6. The molecule has 2 rings (SSSR count). The second-order valence-corrected chi connectivity index (χ2v) is 4.55. The zero-order valence-corrected chi connectivity index (χ0v) is 10.2. The molecule has 1 atom stereocenters. The number of nitrogens with one attached hydrogen (secondary N) is 1. The summed E-state index contributed by atoms with van der Waals surface area (Å²) >= 11 is 0. The number of nitrogens with zero attached hydrogens (tertiary/aromatic N) is 2. The maximum atomic E-state index is 5.37. The molecular formula is C12H21N3O. The molecule has 0 amide bonds. The van der Waals surface area contributed by atoms with Gasteiger partial charge in [-0.25, -0.2) is 0 Å². The average molecular weight is 223 g/mol. The monoisotopic (exact) mass is 223 g/mol. The first-order valence-corrected chi connectivity index (χ1v) is 6.39. The zero-order valence-electron chi connectivity index (χ0n) is 10.2. The van der Waals surface area contributed by atoms with Crippen molar-refractivity contribution in [2.45, 2.75) is 51.4 Å². The molecule has 1 aromatic heterocycles. The Morgan fingerprint density at radius 3 is 2.88 bits per heavy atom. The fourth-order valence-corrected chi connectivity index (χ4v) is 2.29. The molecule has 1 aliphatic heterocycles. The van der Waals surface area contributed by atoms with Crippen molar-refractivity contribution in [2.75, 3.05) is 13.1 Å². The third kappa shape index (κ3) is 2.43. The molecule has 1 aliphatic rings. The highest BCUT2D eigenvalue weighted by atomic mass is 16.5. The van der Waals surface area contributed by atoms with Gasteiger partial charge < -0.3 is 9.84 Å². The van der Waals surface area contributed by atoms with Crippen molar-refractivity contribution in [1.29, 1.82) is 0 Å². The van der Waals surface area contributed by atoms with Crippen LogP contribution in [0.5, 0.6) is 0 Å². The highest BCUT2D eigenvalue weighted by molar-refractivity contribution is 5.00. The van der Waals surface area contributed by atoms with E-state index in [-0.39, 0.29) is 0 Å². The lowest BCUT2D eigenvalue weighted by atomic mass is 9.99. The Bertz CT molecular complexity index is 314. The van der Waals surface area contributed by atoms with E-state index in [1.54, 1.807) is 0 Å². The zero-order chi connectivity index (χ0) is 11.4. The van der Waals surface area contributed by atoms with E-state index in [0.29, 0.717) is 11.8 Å². The summed E-state index contributed by atoms with van der Waals surface area (Å²) in [6.45, 7) is 6.44. The lowest BCUT2D eigenvalue weighted by Crippen LogP contribution is -2.28. The molecule has 1 unspecified atom stereocenters. The minimum absolute atomic E-state index is 0.429. The molecule has 90 valence electrons. The van der Waals surface area contributed by atoms with Crippen LogP contribution in [0.25, 0.3) is 0 Å². The average Bonchev–Trinajstić information content (AvgIpc) is 2.81. The fourth-order valence-electron chi connectivity index (χ4n) is 2.29. The Balaban J connectivity index is 2.05. The van der Waals surface area contributed by atoms with E-state index in [0.717, 1.165) is 37.6 Å². The summed E-state index contributed by atoms with van der Waals surface area (Å²) in [6.07, 6.45) is 4.52. The predicted molar refractivity (Wildman–Crippen MR) is 62.5 cm³/mol. The molecule has 1 aromatic rings. The van der Waals surface area contributed by atoms with Crippen molar-refractivity contribution in [1.82, 2.24) is 15.5 Å². The van der Waals surface area contributed by atoms with Crippen LogP contribution in [0.1, 0.15) is 63.1 Å². The predicted octanol–water partition coefficient (Wildman–Crippen LogP) is 2.44. The molecule has 2 heterocycles. The van der Waals surface area contributed by atoms with E-state index in [1.807, 2.05) is 0 Å². The SMILES string of the molecule is CCC(CC)c1nc(C2CCCNC2)no1. The van der Waals surface area contributed by atoms with Gasteiger partial charge in [0.05, 0.1) is 0 Å². The van der Waals surface area contributed by atoms with E-state index < -0.39 is 0 Å². The Hall–Kier alpha value is -0.900. The molecule has 1 saturated heterocycles. The number of rotatable bonds is 4.